The third-order valence-corrected chi connectivity index (χ3v) is 3.78. The summed E-state index contributed by atoms with van der Waals surface area (Å²) in [5.41, 5.74) is 9.15. The number of aromatic nitrogens is 4. The molecule has 0 aliphatic heterocycles. The van der Waals surface area contributed by atoms with Crippen LogP contribution in [0.15, 0.2) is 40.9 Å². The van der Waals surface area contributed by atoms with Crippen LogP contribution in [0.4, 0.5) is 5.69 Å². The molecule has 1 heterocycles. The van der Waals surface area contributed by atoms with Crippen LogP contribution in [0.1, 0.15) is 5.56 Å². The van der Waals surface area contributed by atoms with E-state index in [1.807, 2.05) is 37.3 Å². The van der Waals surface area contributed by atoms with Crippen LogP contribution in [-0.2, 0) is 0 Å². The molecule has 0 aliphatic rings. The minimum absolute atomic E-state index is 0.562. The zero-order valence-electron chi connectivity index (χ0n) is 11.1. The largest absolute Gasteiger partial charge is 0.399 e. The van der Waals surface area contributed by atoms with Gasteiger partial charge in [-0.15, -0.1) is 5.10 Å². The van der Waals surface area contributed by atoms with Crippen molar-refractivity contribution >= 4 is 33.2 Å². The van der Waals surface area contributed by atoms with Crippen molar-refractivity contribution in [2.24, 2.45) is 0 Å². The number of nitrogens with two attached hydrogens (primary N) is 1. The van der Waals surface area contributed by atoms with Gasteiger partial charge in [-0.25, -0.2) is 0 Å². The third kappa shape index (κ3) is 2.77. The maximum absolute atomic E-state index is 6.25. The first-order valence-electron chi connectivity index (χ1n) is 6.16. The van der Waals surface area contributed by atoms with Gasteiger partial charge in [0.25, 0.3) is 0 Å². The summed E-state index contributed by atoms with van der Waals surface area (Å²) >= 11 is 9.67. The Morgan fingerprint density at radius 3 is 2.76 bits per heavy atom. The predicted octanol–water partition coefficient (Wildman–Crippen LogP) is 3.64. The van der Waals surface area contributed by atoms with Crippen LogP contribution in [0.2, 0.25) is 5.02 Å². The lowest BCUT2D eigenvalue weighted by Gasteiger charge is -2.08. The number of nitrogen functional groups attached to an aromatic ring is 1. The van der Waals surface area contributed by atoms with E-state index < -0.39 is 0 Å². The van der Waals surface area contributed by atoms with Crippen LogP contribution in [0.25, 0.3) is 17.1 Å². The lowest BCUT2D eigenvalue weighted by Crippen LogP contribution is -2.01. The molecule has 0 radical (unpaired) electrons. The summed E-state index contributed by atoms with van der Waals surface area (Å²) in [5, 5.41) is 12.4. The van der Waals surface area contributed by atoms with E-state index in [0.717, 1.165) is 15.6 Å². The quantitative estimate of drug-likeness (QED) is 0.705. The van der Waals surface area contributed by atoms with Gasteiger partial charge in [-0.1, -0.05) is 27.5 Å². The molecular weight excluding hydrogens is 354 g/mol. The number of tetrazole rings is 1. The van der Waals surface area contributed by atoms with Crippen molar-refractivity contribution in [1.82, 2.24) is 20.2 Å². The highest BCUT2D eigenvalue weighted by Gasteiger charge is 2.14. The van der Waals surface area contributed by atoms with Gasteiger partial charge in [-0.3, -0.25) is 0 Å². The molecule has 7 heteroatoms. The van der Waals surface area contributed by atoms with E-state index >= 15 is 0 Å². The van der Waals surface area contributed by atoms with Crippen LogP contribution in [0.3, 0.4) is 0 Å². The second-order valence-electron chi connectivity index (χ2n) is 4.64. The normalized spacial score (nSPS) is 10.8. The molecule has 106 valence electrons. The van der Waals surface area contributed by atoms with Gasteiger partial charge in [0.2, 0.25) is 0 Å². The molecule has 0 saturated heterocycles. The number of nitrogens with zero attached hydrogens (tertiary/aromatic N) is 4. The van der Waals surface area contributed by atoms with Crippen molar-refractivity contribution in [2.75, 3.05) is 5.73 Å². The lowest BCUT2D eigenvalue weighted by molar-refractivity contribution is 0.791. The lowest BCUT2D eigenvalue weighted by atomic mass is 10.1. The van der Waals surface area contributed by atoms with Crippen molar-refractivity contribution in [3.05, 3.63) is 51.5 Å². The highest BCUT2D eigenvalue weighted by molar-refractivity contribution is 9.10. The molecule has 0 unspecified atom stereocenters. The van der Waals surface area contributed by atoms with Gasteiger partial charge in [0.05, 0.1) is 10.7 Å². The van der Waals surface area contributed by atoms with Crippen LogP contribution in [0.5, 0.6) is 0 Å². The Bertz CT molecular complexity index is 795. The van der Waals surface area contributed by atoms with Crippen molar-refractivity contribution < 1.29 is 0 Å². The fourth-order valence-corrected chi connectivity index (χ4v) is 2.67. The molecule has 0 fully saturated rings. The molecule has 0 saturated carbocycles. The summed E-state index contributed by atoms with van der Waals surface area (Å²) in [5.74, 6) is 0.588. The molecule has 3 aromatic rings. The molecule has 5 nitrogen and oxygen atoms in total. The van der Waals surface area contributed by atoms with Gasteiger partial charge in [-0.2, -0.15) is 4.68 Å². The van der Waals surface area contributed by atoms with E-state index in [9.17, 15) is 0 Å². The fraction of sp³-hybridized carbons (Fsp3) is 0.0714. The van der Waals surface area contributed by atoms with E-state index in [-0.39, 0.29) is 0 Å². The summed E-state index contributed by atoms with van der Waals surface area (Å²) in [4.78, 5) is 0. The number of hydrogen-bond donors (Lipinski definition) is 1. The number of aryl methyl sites for hydroxylation is 1. The summed E-state index contributed by atoms with van der Waals surface area (Å²) in [6, 6.07) is 11.2. The van der Waals surface area contributed by atoms with Crippen LogP contribution in [0, 0.1) is 6.92 Å². The van der Waals surface area contributed by atoms with Gasteiger partial charge < -0.3 is 5.73 Å². The van der Waals surface area contributed by atoms with Crippen molar-refractivity contribution in [3.8, 4) is 17.1 Å². The number of rotatable bonds is 2. The van der Waals surface area contributed by atoms with E-state index in [0.29, 0.717) is 22.2 Å². The van der Waals surface area contributed by atoms with Crippen LogP contribution >= 0.6 is 27.5 Å². The molecule has 0 amide bonds. The molecule has 1 aromatic heterocycles. The molecular formula is C14H11BrClN5. The van der Waals surface area contributed by atoms with E-state index in [2.05, 4.69) is 31.5 Å². The summed E-state index contributed by atoms with van der Waals surface area (Å²) in [6.45, 7) is 1.97. The Kier molecular flexibility index (Phi) is 3.65. The Hall–Kier alpha value is -1.92. The standard InChI is InChI=1S/C14H11BrClN5/c1-8-4-9(6-11(17)5-8)14-18-19-20-21(14)13-7-10(15)2-3-12(13)16/h2-7H,17H2,1H3. The molecule has 0 atom stereocenters. The average molecular weight is 365 g/mol. The zero-order valence-corrected chi connectivity index (χ0v) is 13.4. The highest BCUT2D eigenvalue weighted by atomic mass is 79.9. The predicted molar refractivity (Wildman–Crippen MR) is 86.4 cm³/mol. The highest BCUT2D eigenvalue weighted by Crippen LogP contribution is 2.28. The zero-order chi connectivity index (χ0) is 15.0. The first kappa shape index (κ1) is 14.0. The van der Waals surface area contributed by atoms with Crippen molar-refractivity contribution in [1.29, 1.82) is 0 Å². The van der Waals surface area contributed by atoms with E-state index in [4.69, 9.17) is 17.3 Å². The molecule has 2 aromatic carbocycles. The monoisotopic (exact) mass is 363 g/mol. The van der Waals surface area contributed by atoms with Gasteiger partial charge in [-0.05, 0) is 59.3 Å². The maximum atomic E-state index is 6.25. The van der Waals surface area contributed by atoms with Gasteiger partial charge in [0.15, 0.2) is 5.82 Å². The van der Waals surface area contributed by atoms with E-state index in [1.54, 1.807) is 10.7 Å². The van der Waals surface area contributed by atoms with Crippen LogP contribution in [-0.4, -0.2) is 20.2 Å². The summed E-state index contributed by atoms with van der Waals surface area (Å²) in [7, 11) is 0. The SMILES string of the molecule is Cc1cc(N)cc(-c2nnnn2-c2cc(Br)ccc2Cl)c1. The molecule has 0 bridgehead atoms. The number of benzene rings is 2. The number of halogens is 2. The average Bonchev–Trinajstić information content (AvgIpc) is 2.89. The Morgan fingerprint density at radius 1 is 1.19 bits per heavy atom. The fourth-order valence-electron chi connectivity index (χ4n) is 2.12. The topological polar surface area (TPSA) is 69.6 Å². The summed E-state index contributed by atoms with van der Waals surface area (Å²) in [6.07, 6.45) is 0. The number of anilines is 1. The molecule has 3 rings (SSSR count). The molecule has 0 aliphatic carbocycles. The van der Waals surface area contributed by atoms with E-state index in [1.165, 1.54) is 0 Å². The number of hydrogen-bond acceptors (Lipinski definition) is 4. The van der Waals surface area contributed by atoms with Gasteiger partial charge in [0.1, 0.15) is 0 Å². The second-order valence-corrected chi connectivity index (χ2v) is 5.97. The molecule has 0 spiro atoms. The van der Waals surface area contributed by atoms with Crippen molar-refractivity contribution in [3.63, 3.8) is 0 Å². The summed E-state index contributed by atoms with van der Waals surface area (Å²) < 4.78 is 2.49. The second kappa shape index (κ2) is 5.46. The minimum Gasteiger partial charge on any atom is -0.399 e. The maximum Gasteiger partial charge on any atom is 0.187 e. The first-order valence-corrected chi connectivity index (χ1v) is 7.33. The van der Waals surface area contributed by atoms with Crippen LogP contribution < -0.4 is 5.73 Å². The Labute approximate surface area is 134 Å². The third-order valence-electron chi connectivity index (χ3n) is 2.96. The molecule has 2 N–H and O–H groups in total. The smallest absolute Gasteiger partial charge is 0.187 e. The van der Waals surface area contributed by atoms with Gasteiger partial charge in [0, 0.05) is 15.7 Å². The first-order chi connectivity index (χ1) is 10.0. The Balaban J connectivity index is 2.19. The molecule has 21 heavy (non-hydrogen) atoms. The van der Waals surface area contributed by atoms with Gasteiger partial charge >= 0.3 is 0 Å². The minimum atomic E-state index is 0.562. The Morgan fingerprint density at radius 2 is 2.00 bits per heavy atom. The van der Waals surface area contributed by atoms with Crippen molar-refractivity contribution in [2.45, 2.75) is 6.92 Å².